The molecule has 0 spiro atoms. The van der Waals surface area contributed by atoms with Gasteiger partial charge in [-0.15, -0.1) is 12.4 Å². The van der Waals surface area contributed by atoms with Crippen LogP contribution in [0.3, 0.4) is 0 Å². The van der Waals surface area contributed by atoms with Crippen LogP contribution in [0.2, 0.25) is 0 Å². The number of nitrogens with zero attached hydrogens (tertiary/aromatic N) is 1. The van der Waals surface area contributed by atoms with Crippen LogP contribution in [0, 0.1) is 0 Å². The lowest BCUT2D eigenvalue weighted by Crippen LogP contribution is -2.36. The van der Waals surface area contributed by atoms with Crippen LogP contribution < -0.4 is 4.74 Å². The number of alkyl halides is 3. The molecule has 23 heavy (non-hydrogen) atoms. The van der Waals surface area contributed by atoms with Crippen molar-refractivity contribution in [3.63, 3.8) is 0 Å². The molecule has 0 aliphatic rings. The molecule has 1 unspecified atom stereocenters. The number of unbranched alkanes of at least 4 members (excludes halogenated alkanes) is 1. The Labute approximate surface area is 139 Å². The highest BCUT2D eigenvalue weighted by Crippen LogP contribution is 2.35. The molecule has 0 aliphatic carbocycles. The first-order valence-corrected chi connectivity index (χ1v) is 6.95. The van der Waals surface area contributed by atoms with Gasteiger partial charge in [0.25, 0.3) is 0 Å². The number of carbonyl (C=O) groups is 1. The number of benzene rings is 1. The van der Waals surface area contributed by atoms with E-state index in [2.05, 4.69) is 0 Å². The maximum atomic E-state index is 12.8. The van der Waals surface area contributed by atoms with Crippen molar-refractivity contribution in [1.29, 1.82) is 0 Å². The standard InChI is InChI=1S/C15H20F3NO3.ClH/c1-11(14(20)21)19(2)9-5-6-10-22-13-8-4-3-7-12(13)15(16,17)18;/h3-4,7-8,11H,5-6,9-10H2,1-2H3,(H,20,21);1H. The van der Waals surface area contributed by atoms with E-state index in [0.29, 0.717) is 19.4 Å². The molecule has 0 bridgehead atoms. The van der Waals surface area contributed by atoms with Gasteiger partial charge < -0.3 is 9.84 Å². The van der Waals surface area contributed by atoms with Crippen molar-refractivity contribution in [2.45, 2.75) is 32.0 Å². The van der Waals surface area contributed by atoms with E-state index in [1.54, 1.807) is 18.9 Å². The number of hydrogen-bond acceptors (Lipinski definition) is 3. The van der Waals surface area contributed by atoms with Gasteiger partial charge in [0.05, 0.1) is 12.2 Å². The average molecular weight is 356 g/mol. The minimum absolute atomic E-state index is 0. The molecule has 0 aliphatic heterocycles. The monoisotopic (exact) mass is 355 g/mol. The number of para-hydroxylation sites is 1. The summed E-state index contributed by atoms with van der Waals surface area (Å²) in [5, 5.41) is 8.84. The van der Waals surface area contributed by atoms with Crippen molar-refractivity contribution < 1.29 is 27.8 Å². The second-order valence-corrected chi connectivity index (χ2v) is 5.04. The van der Waals surface area contributed by atoms with E-state index in [1.165, 1.54) is 18.2 Å². The van der Waals surface area contributed by atoms with E-state index in [1.807, 2.05) is 0 Å². The third-order valence-electron chi connectivity index (χ3n) is 3.37. The largest absolute Gasteiger partial charge is 0.493 e. The fourth-order valence-corrected chi connectivity index (χ4v) is 1.85. The SMILES string of the molecule is CC(C(=O)O)N(C)CCCCOc1ccccc1C(F)(F)F.Cl. The van der Waals surface area contributed by atoms with Gasteiger partial charge in [0.15, 0.2) is 0 Å². The second-order valence-electron chi connectivity index (χ2n) is 5.04. The molecule has 8 heteroatoms. The summed E-state index contributed by atoms with van der Waals surface area (Å²) in [7, 11) is 1.69. The van der Waals surface area contributed by atoms with Crippen LogP contribution in [-0.2, 0) is 11.0 Å². The highest BCUT2D eigenvalue weighted by molar-refractivity contribution is 5.85. The Morgan fingerprint density at radius 2 is 1.91 bits per heavy atom. The summed E-state index contributed by atoms with van der Waals surface area (Å²) in [5.41, 5.74) is -0.786. The molecule has 132 valence electrons. The summed E-state index contributed by atoms with van der Waals surface area (Å²) >= 11 is 0. The smallest absolute Gasteiger partial charge is 0.419 e. The molecule has 1 aromatic carbocycles. The van der Waals surface area contributed by atoms with Crippen LogP contribution in [0.5, 0.6) is 5.75 Å². The normalized spacial score (nSPS) is 12.6. The number of halogens is 4. The van der Waals surface area contributed by atoms with E-state index >= 15 is 0 Å². The summed E-state index contributed by atoms with van der Waals surface area (Å²) in [5.74, 6) is -1.08. The predicted molar refractivity (Wildman–Crippen MR) is 83.1 cm³/mol. The zero-order valence-corrected chi connectivity index (χ0v) is 13.8. The van der Waals surface area contributed by atoms with Gasteiger partial charge >= 0.3 is 12.1 Å². The number of aliphatic carboxylic acids is 1. The number of carboxylic acids is 1. The van der Waals surface area contributed by atoms with Gasteiger partial charge in [0.1, 0.15) is 11.8 Å². The van der Waals surface area contributed by atoms with Crippen LogP contribution in [-0.4, -0.2) is 42.2 Å². The second kappa shape index (κ2) is 9.62. The summed E-state index contributed by atoms with van der Waals surface area (Å²) in [6.45, 7) is 2.28. The summed E-state index contributed by atoms with van der Waals surface area (Å²) in [6, 6.07) is 4.50. The molecule has 1 atom stereocenters. The third-order valence-corrected chi connectivity index (χ3v) is 3.37. The Morgan fingerprint density at radius 3 is 2.48 bits per heavy atom. The lowest BCUT2D eigenvalue weighted by atomic mass is 10.2. The van der Waals surface area contributed by atoms with E-state index in [-0.39, 0.29) is 24.8 Å². The number of hydrogen-bond donors (Lipinski definition) is 1. The Hall–Kier alpha value is -1.47. The first kappa shape index (κ1) is 21.5. The molecular weight excluding hydrogens is 335 g/mol. The molecule has 0 amide bonds. The lowest BCUT2D eigenvalue weighted by Gasteiger charge is -2.20. The van der Waals surface area contributed by atoms with Crippen LogP contribution in [0.1, 0.15) is 25.3 Å². The Bertz CT molecular complexity index is 497. The number of ether oxygens (including phenoxy) is 1. The Morgan fingerprint density at radius 1 is 1.30 bits per heavy atom. The predicted octanol–water partition coefficient (Wildman–Crippen LogP) is 3.69. The van der Waals surface area contributed by atoms with Gasteiger partial charge in [-0.05, 0) is 45.5 Å². The Kier molecular flexibility index (Phi) is 9.01. The molecule has 0 fully saturated rings. The number of likely N-dealkylation sites (N-methyl/N-ethyl adjacent to an activating group) is 1. The molecule has 0 saturated carbocycles. The van der Waals surface area contributed by atoms with Crippen LogP contribution >= 0.6 is 12.4 Å². The zero-order chi connectivity index (χ0) is 16.8. The molecular formula is C15H21ClF3NO3. The van der Waals surface area contributed by atoms with Crippen molar-refractivity contribution in [2.75, 3.05) is 20.2 Å². The molecule has 0 radical (unpaired) electrons. The zero-order valence-electron chi connectivity index (χ0n) is 13.0. The minimum Gasteiger partial charge on any atom is -0.493 e. The fraction of sp³-hybridized carbons (Fsp3) is 0.533. The average Bonchev–Trinajstić information content (AvgIpc) is 2.45. The van der Waals surface area contributed by atoms with E-state index in [9.17, 15) is 18.0 Å². The van der Waals surface area contributed by atoms with Crippen LogP contribution in [0.15, 0.2) is 24.3 Å². The first-order valence-electron chi connectivity index (χ1n) is 6.95. The maximum absolute atomic E-state index is 12.8. The van der Waals surface area contributed by atoms with Crippen LogP contribution in [0.25, 0.3) is 0 Å². The van der Waals surface area contributed by atoms with Crippen molar-refractivity contribution in [3.05, 3.63) is 29.8 Å². The summed E-state index contributed by atoms with van der Waals surface area (Å²) in [6.07, 6.45) is -3.25. The van der Waals surface area contributed by atoms with Gasteiger partial charge in [-0.1, -0.05) is 12.1 Å². The van der Waals surface area contributed by atoms with Crippen molar-refractivity contribution in [2.24, 2.45) is 0 Å². The molecule has 1 aromatic rings. The molecule has 1 rings (SSSR count). The molecule has 0 saturated heterocycles. The highest BCUT2D eigenvalue weighted by Gasteiger charge is 2.33. The van der Waals surface area contributed by atoms with Gasteiger partial charge in [-0.2, -0.15) is 13.2 Å². The summed E-state index contributed by atoms with van der Waals surface area (Å²) < 4.78 is 43.5. The van der Waals surface area contributed by atoms with Crippen molar-refractivity contribution in [1.82, 2.24) is 4.90 Å². The topological polar surface area (TPSA) is 49.8 Å². The van der Waals surface area contributed by atoms with Crippen molar-refractivity contribution in [3.8, 4) is 5.75 Å². The van der Waals surface area contributed by atoms with Gasteiger partial charge in [0, 0.05) is 0 Å². The highest BCUT2D eigenvalue weighted by atomic mass is 35.5. The molecule has 0 heterocycles. The van der Waals surface area contributed by atoms with E-state index < -0.39 is 23.8 Å². The molecule has 4 nitrogen and oxygen atoms in total. The summed E-state index contributed by atoms with van der Waals surface area (Å²) in [4.78, 5) is 12.4. The van der Waals surface area contributed by atoms with E-state index in [0.717, 1.165) is 6.07 Å². The maximum Gasteiger partial charge on any atom is 0.419 e. The van der Waals surface area contributed by atoms with E-state index in [4.69, 9.17) is 9.84 Å². The number of rotatable bonds is 8. The Balaban J connectivity index is 0.00000484. The fourth-order valence-electron chi connectivity index (χ4n) is 1.85. The van der Waals surface area contributed by atoms with Gasteiger partial charge in [-0.25, -0.2) is 0 Å². The third kappa shape index (κ3) is 7.09. The van der Waals surface area contributed by atoms with Gasteiger partial charge in [-0.3, -0.25) is 9.69 Å². The van der Waals surface area contributed by atoms with Gasteiger partial charge in [0.2, 0.25) is 0 Å². The lowest BCUT2D eigenvalue weighted by molar-refractivity contribution is -0.142. The van der Waals surface area contributed by atoms with Crippen LogP contribution in [0.4, 0.5) is 13.2 Å². The first-order chi connectivity index (χ1) is 10.2. The molecule has 0 aromatic heterocycles. The number of carboxylic acid groups (broad SMARTS) is 1. The minimum atomic E-state index is -4.44. The quantitative estimate of drug-likeness (QED) is 0.722. The molecule has 1 N–H and O–H groups in total. The van der Waals surface area contributed by atoms with Crippen molar-refractivity contribution >= 4 is 18.4 Å².